The molecule has 0 radical (unpaired) electrons. The molecule has 0 aromatic heterocycles. The summed E-state index contributed by atoms with van der Waals surface area (Å²) in [7, 11) is 0. The number of aliphatic hydroxyl groups excluding tert-OH is 1. The van der Waals surface area contributed by atoms with Crippen LogP contribution in [0.25, 0.3) is 0 Å². The highest BCUT2D eigenvalue weighted by Gasteiger charge is 2.25. The Kier molecular flexibility index (Phi) is 6.09. The third-order valence-corrected chi connectivity index (χ3v) is 3.31. The zero-order valence-corrected chi connectivity index (χ0v) is 10.4. The molecule has 0 spiro atoms. The summed E-state index contributed by atoms with van der Waals surface area (Å²) in [5.41, 5.74) is 0. The molecule has 94 valence electrons. The molecule has 1 fully saturated rings. The van der Waals surface area contributed by atoms with Gasteiger partial charge in [0, 0.05) is 24.9 Å². The van der Waals surface area contributed by atoms with Gasteiger partial charge in [-0.05, 0) is 12.8 Å². The Bertz CT molecular complexity index is 217. The standard InChI is InChI=1S/C11H20ClNO3/c1-9(8-12)11(15)13-4-2-10(3-5-13)16-7-6-14/h9-10,14H,2-8H2,1H3. The van der Waals surface area contributed by atoms with Crippen LogP contribution in [0.4, 0.5) is 0 Å². The van der Waals surface area contributed by atoms with Crippen LogP contribution in [-0.2, 0) is 9.53 Å². The quantitative estimate of drug-likeness (QED) is 0.736. The van der Waals surface area contributed by atoms with E-state index in [1.165, 1.54) is 0 Å². The molecule has 0 aromatic carbocycles. The number of nitrogens with zero attached hydrogens (tertiary/aromatic N) is 1. The Morgan fingerprint density at radius 1 is 1.56 bits per heavy atom. The number of carbonyl (C=O) groups excluding carboxylic acids is 1. The Labute approximate surface area is 102 Å². The van der Waals surface area contributed by atoms with Crippen molar-refractivity contribution in [2.24, 2.45) is 5.92 Å². The van der Waals surface area contributed by atoms with E-state index >= 15 is 0 Å². The number of halogens is 1. The summed E-state index contributed by atoms with van der Waals surface area (Å²) in [4.78, 5) is 13.7. The summed E-state index contributed by atoms with van der Waals surface area (Å²) in [6.07, 6.45) is 1.88. The highest BCUT2D eigenvalue weighted by atomic mass is 35.5. The van der Waals surface area contributed by atoms with Crippen LogP contribution in [0.1, 0.15) is 19.8 Å². The highest BCUT2D eigenvalue weighted by Crippen LogP contribution is 2.16. The molecular formula is C11H20ClNO3. The highest BCUT2D eigenvalue weighted by molar-refractivity contribution is 6.19. The number of hydrogen-bond donors (Lipinski definition) is 1. The van der Waals surface area contributed by atoms with Gasteiger partial charge in [-0.25, -0.2) is 0 Å². The molecule has 1 rings (SSSR count). The molecule has 0 aliphatic carbocycles. The van der Waals surface area contributed by atoms with Crippen molar-refractivity contribution in [3.05, 3.63) is 0 Å². The van der Waals surface area contributed by atoms with E-state index < -0.39 is 0 Å². The second kappa shape index (κ2) is 7.09. The van der Waals surface area contributed by atoms with E-state index in [0.29, 0.717) is 12.5 Å². The molecule has 1 amide bonds. The van der Waals surface area contributed by atoms with Crippen molar-refractivity contribution >= 4 is 17.5 Å². The van der Waals surface area contributed by atoms with E-state index in [4.69, 9.17) is 21.4 Å². The average Bonchev–Trinajstić information content (AvgIpc) is 2.35. The van der Waals surface area contributed by atoms with E-state index in [1.54, 1.807) is 0 Å². The topological polar surface area (TPSA) is 49.8 Å². The molecule has 0 saturated carbocycles. The van der Waals surface area contributed by atoms with Crippen LogP contribution in [0.15, 0.2) is 0 Å². The fourth-order valence-corrected chi connectivity index (χ4v) is 1.97. The maximum absolute atomic E-state index is 11.8. The molecule has 1 unspecified atom stereocenters. The predicted molar refractivity (Wildman–Crippen MR) is 62.5 cm³/mol. The number of rotatable bonds is 5. The van der Waals surface area contributed by atoms with Crippen molar-refractivity contribution in [1.82, 2.24) is 4.90 Å². The lowest BCUT2D eigenvalue weighted by Gasteiger charge is -2.33. The number of aliphatic hydroxyl groups is 1. The molecule has 0 aromatic rings. The van der Waals surface area contributed by atoms with Crippen LogP contribution in [0.5, 0.6) is 0 Å². The van der Waals surface area contributed by atoms with Gasteiger partial charge in [-0.1, -0.05) is 6.92 Å². The molecule has 1 saturated heterocycles. The van der Waals surface area contributed by atoms with Gasteiger partial charge in [0.05, 0.1) is 19.3 Å². The molecule has 1 heterocycles. The minimum atomic E-state index is -0.100. The SMILES string of the molecule is CC(CCl)C(=O)N1CCC(OCCO)CC1. The van der Waals surface area contributed by atoms with E-state index in [-0.39, 0.29) is 24.5 Å². The fourth-order valence-electron chi connectivity index (χ4n) is 1.84. The number of likely N-dealkylation sites (tertiary alicyclic amines) is 1. The lowest BCUT2D eigenvalue weighted by atomic mass is 10.1. The van der Waals surface area contributed by atoms with Crippen LogP contribution < -0.4 is 0 Å². The fraction of sp³-hybridized carbons (Fsp3) is 0.909. The molecular weight excluding hydrogens is 230 g/mol. The number of hydrogen-bond acceptors (Lipinski definition) is 3. The minimum Gasteiger partial charge on any atom is -0.394 e. The van der Waals surface area contributed by atoms with Gasteiger partial charge in [0.15, 0.2) is 0 Å². The lowest BCUT2D eigenvalue weighted by Crippen LogP contribution is -2.43. The molecule has 0 bridgehead atoms. The summed E-state index contributed by atoms with van der Waals surface area (Å²) in [6, 6.07) is 0. The minimum absolute atomic E-state index is 0.0580. The van der Waals surface area contributed by atoms with Crippen molar-refractivity contribution in [3.63, 3.8) is 0 Å². The van der Waals surface area contributed by atoms with Crippen molar-refractivity contribution in [1.29, 1.82) is 0 Å². The monoisotopic (exact) mass is 249 g/mol. The second-order valence-corrected chi connectivity index (χ2v) is 4.48. The van der Waals surface area contributed by atoms with Crippen LogP contribution in [0.2, 0.25) is 0 Å². The van der Waals surface area contributed by atoms with Crippen molar-refractivity contribution < 1.29 is 14.6 Å². The van der Waals surface area contributed by atoms with Gasteiger partial charge in [0.1, 0.15) is 0 Å². The van der Waals surface area contributed by atoms with Crippen molar-refractivity contribution in [2.75, 3.05) is 32.2 Å². The Morgan fingerprint density at radius 3 is 2.69 bits per heavy atom. The summed E-state index contributed by atoms with van der Waals surface area (Å²) < 4.78 is 5.43. The zero-order chi connectivity index (χ0) is 12.0. The zero-order valence-electron chi connectivity index (χ0n) is 9.69. The van der Waals surface area contributed by atoms with Crippen LogP contribution in [0.3, 0.4) is 0 Å². The van der Waals surface area contributed by atoms with Crippen LogP contribution >= 0.6 is 11.6 Å². The second-order valence-electron chi connectivity index (χ2n) is 4.17. The Balaban J connectivity index is 2.28. The van der Waals surface area contributed by atoms with Gasteiger partial charge in [0.25, 0.3) is 0 Å². The first-order valence-corrected chi connectivity index (χ1v) is 6.29. The Hall–Kier alpha value is -0.320. The van der Waals surface area contributed by atoms with Gasteiger partial charge in [0.2, 0.25) is 5.91 Å². The molecule has 1 N–H and O–H groups in total. The summed E-state index contributed by atoms with van der Waals surface area (Å²) in [5, 5.41) is 8.64. The van der Waals surface area contributed by atoms with Gasteiger partial charge < -0.3 is 14.7 Å². The predicted octanol–water partition coefficient (Wildman–Crippen LogP) is 0.861. The van der Waals surface area contributed by atoms with Gasteiger partial charge in [-0.2, -0.15) is 0 Å². The van der Waals surface area contributed by atoms with Gasteiger partial charge in [-0.3, -0.25) is 4.79 Å². The van der Waals surface area contributed by atoms with E-state index in [0.717, 1.165) is 25.9 Å². The van der Waals surface area contributed by atoms with Gasteiger partial charge in [-0.15, -0.1) is 11.6 Å². The first-order chi connectivity index (χ1) is 7.69. The summed E-state index contributed by atoms with van der Waals surface area (Å²) in [6.45, 7) is 3.76. The smallest absolute Gasteiger partial charge is 0.226 e. The first-order valence-electron chi connectivity index (χ1n) is 5.76. The summed E-state index contributed by atoms with van der Waals surface area (Å²) in [5.74, 6) is 0.409. The number of ether oxygens (including phenoxy) is 1. The summed E-state index contributed by atoms with van der Waals surface area (Å²) >= 11 is 5.66. The van der Waals surface area contributed by atoms with Crippen LogP contribution in [-0.4, -0.2) is 54.2 Å². The van der Waals surface area contributed by atoms with E-state index in [1.807, 2.05) is 11.8 Å². The van der Waals surface area contributed by atoms with Crippen LogP contribution in [0, 0.1) is 5.92 Å². The number of piperidine rings is 1. The maximum Gasteiger partial charge on any atom is 0.226 e. The lowest BCUT2D eigenvalue weighted by molar-refractivity contribution is -0.137. The largest absolute Gasteiger partial charge is 0.394 e. The molecule has 16 heavy (non-hydrogen) atoms. The van der Waals surface area contributed by atoms with Crippen molar-refractivity contribution in [2.45, 2.75) is 25.9 Å². The average molecular weight is 250 g/mol. The third-order valence-electron chi connectivity index (χ3n) is 2.85. The number of alkyl halides is 1. The van der Waals surface area contributed by atoms with Crippen molar-refractivity contribution in [3.8, 4) is 0 Å². The molecule has 1 aliphatic rings. The van der Waals surface area contributed by atoms with E-state index in [2.05, 4.69) is 0 Å². The van der Waals surface area contributed by atoms with E-state index in [9.17, 15) is 4.79 Å². The van der Waals surface area contributed by atoms with Gasteiger partial charge >= 0.3 is 0 Å². The molecule has 1 atom stereocenters. The number of carbonyl (C=O) groups is 1. The Morgan fingerprint density at radius 2 is 2.19 bits per heavy atom. The third kappa shape index (κ3) is 3.92. The molecule has 1 aliphatic heterocycles. The number of amides is 1. The first kappa shape index (κ1) is 13.7. The molecule has 5 heteroatoms. The molecule has 4 nitrogen and oxygen atoms in total. The maximum atomic E-state index is 11.8. The normalized spacial score (nSPS) is 19.8.